The van der Waals surface area contributed by atoms with Gasteiger partial charge in [-0.3, -0.25) is 10.1 Å². The molecule has 0 aliphatic rings. The van der Waals surface area contributed by atoms with Crippen molar-refractivity contribution in [3.05, 3.63) is 119 Å². The molecule has 4 aromatic carbocycles. The Hall–Kier alpha value is -4.55. The lowest BCUT2D eigenvalue weighted by atomic mass is 10.1. The third kappa shape index (κ3) is 4.42. The van der Waals surface area contributed by atoms with Gasteiger partial charge in [0, 0.05) is 16.3 Å². The predicted octanol–water partition coefficient (Wildman–Crippen LogP) is 7.50. The second-order valence-electron chi connectivity index (χ2n) is 8.50. The number of para-hydroxylation sites is 1. The molecule has 0 radical (unpaired) electrons. The first-order valence-corrected chi connectivity index (χ1v) is 12.4. The van der Waals surface area contributed by atoms with E-state index in [4.69, 9.17) is 4.42 Å². The van der Waals surface area contributed by atoms with Crippen molar-refractivity contribution in [2.45, 2.75) is 6.92 Å². The van der Waals surface area contributed by atoms with E-state index in [2.05, 4.69) is 39.6 Å². The quantitative estimate of drug-likeness (QED) is 0.280. The Labute approximate surface area is 211 Å². The average Bonchev–Trinajstić information content (AvgIpc) is 3.37. The van der Waals surface area contributed by atoms with Crippen molar-refractivity contribution in [1.29, 1.82) is 0 Å². The molecular weight excluding hydrogens is 466 g/mol. The van der Waals surface area contributed by atoms with E-state index >= 15 is 0 Å². The van der Waals surface area contributed by atoms with Crippen molar-refractivity contribution >= 4 is 49.8 Å². The Morgan fingerprint density at radius 3 is 2.44 bits per heavy atom. The summed E-state index contributed by atoms with van der Waals surface area (Å²) in [5, 5.41) is 8.54. The highest BCUT2D eigenvalue weighted by atomic mass is 32.1. The van der Waals surface area contributed by atoms with Gasteiger partial charge in [0.25, 0.3) is 5.91 Å². The number of fused-ring (bicyclic) bond motifs is 2. The maximum absolute atomic E-state index is 13.4. The van der Waals surface area contributed by atoms with Gasteiger partial charge in [0.15, 0.2) is 5.13 Å². The number of hydrogen-bond acceptors (Lipinski definition) is 5. The first kappa shape index (κ1) is 21.9. The van der Waals surface area contributed by atoms with Crippen molar-refractivity contribution in [1.82, 2.24) is 4.98 Å². The number of nitrogens with zero attached hydrogens (tertiary/aromatic N) is 2. The minimum atomic E-state index is -0.324. The summed E-state index contributed by atoms with van der Waals surface area (Å²) in [4.78, 5) is 22.7. The van der Waals surface area contributed by atoms with Crippen LogP contribution in [0, 0.1) is 6.92 Å². The molecule has 0 atom stereocenters. The average molecular weight is 488 g/mol. The smallest absolute Gasteiger partial charge is 0.262 e. The van der Waals surface area contributed by atoms with Crippen LogP contribution >= 0.6 is 11.3 Å². The number of aryl methyl sites for hydroxylation is 1. The molecule has 6 heteroatoms. The number of rotatable bonds is 4. The lowest BCUT2D eigenvalue weighted by Gasteiger charge is -2.05. The van der Waals surface area contributed by atoms with Gasteiger partial charge in [-0.15, -0.1) is 11.3 Å². The number of nitrogens with one attached hydrogen (secondary N) is 1. The van der Waals surface area contributed by atoms with Gasteiger partial charge in [-0.2, -0.15) is 0 Å². The van der Waals surface area contributed by atoms with Crippen LogP contribution in [-0.4, -0.2) is 10.9 Å². The molecule has 2 heterocycles. The largest absolute Gasteiger partial charge is 0.438 e. The highest BCUT2D eigenvalue weighted by Gasteiger charge is 2.15. The Morgan fingerprint density at radius 1 is 0.861 bits per heavy atom. The van der Waals surface area contributed by atoms with Crippen LogP contribution in [0.25, 0.3) is 33.0 Å². The first-order valence-electron chi connectivity index (χ1n) is 11.5. The standard InChI is InChI=1S/C30H21N3O2S/c1-19-10-14-24(15-11-19)31-29-25(17-23-8-4-5-9-27(23)35-29)28(34)33-30-32-26(18-36-30)22-13-12-20-6-2-3-7-21(20)16-22/h2-18H,1H3,(H,32,33,34). The summed E-state index contributed by atoms with van der Waals surface area (Å²) in [7, 11) is 0. The van der Waals surface area contributed by atoms with Crippen LogP contribution in [0.4, 0.5) is 10.8 Å². The van der Waals surface area contributed by atoms with Crippen LogP contribution in [0.2, 0.25) is 0 Å². The molecule has 0 aliphatic carbocycles. The molecule has 0 saturated heterocycles. The fourth-order valence-corrected chi connectivity index (χ4v) is 4.74. The molecule has 0 bridgehead atoms. The summed E-state index contributed by atoms with van der Waals surface area (Å²) in [5.41, 5.74) is 4.91. The van der Waals surface area contributed by atoms with Crippen molar-refractivity contribution < 1.29 is 9.21 Å². The number of anilines is 1. The monoisotopic (exact) mass is 487 g/mol. The lowest BCUT2D eigenvalue weighted by molar-refractivity contribution is 0.102. The normalized spacial score (nSPS) is 11.8. The Kier molecular flexibility index (Phi) is 5.64. The van der Waals surface area contributed by atoms with Gasteiger partial charge in [0.2, 0.25) is 5.55 Å². The SMILES string of the molecule is Cc1ccc(N=c2oc3ccccc3cc2C(=O)Nc2nc(-c3ccc4ccccc4c3)cs2)cc1. The molecule has 0 unspecified atom stereocenters. The zero-order valence-electron chi connectivity index (χ0n) is 19.4. The molecule has 6 aromatic rings. The molecule has 2 aromatic heterocycles. The molecule has 1 amide bonds. The van der Waals surface area contributed by atoms with E-state index in [9.17, 15) is 4.79 Å². The Bertz CT molecular complexity index is 1800. The van der Waals surface area contributed by atoms with E-state index in [1.807, 2.05) is 79.0 Å². The van der Waals surface area contributed by atoms with Gasteiger partial charge in [-0.1, -0.05) is 72.3 Å². The van der Waals surface area contributed by atoms with Crippen LogP contribution < -0.4 is 10.9 Å². The van der Waals surface area contributed by atoms with Crippen molar-refractivity contribution in [3.8, 4) is 11.3 Å². The number of thiazole rings is 1. The summed E-state index contributed by atoms with van der Waals surface area (Å²) >= 11 is 1.38. The minimum absolute atomic E-state index is 0.251. The summed E-state index contributed by atoms with van der Waals surface area (Å²) < 4.78 is 6.06. The third-order valence-electron chi connectivity index (χ3n) is 5.94. The van der Waals surface area contributed by atoms with E-state index in [1.165, 1.54) is 16.7 Å². The van der Waals surface area contributed by atoms with Crippen molar-refractivity contribution in [2.24, 2.45) is 4.99 Å². The van der Waals surface area contributed by atoms with E-state index in [0.29, 0.717) is 22.0 Å². The third-order valence-corrected chi connectivity index (χ3v) is 6.69. The highest BCUT2D eigenvalue weighted by Crippen LogP contribution is 2.28. The zero-order valence-corrected chi connectivity index (χ0v) is 20.3. The molecule has 0 saturated carbocycles. The molecule has 36 heavy (non-hydrogen) atoms. The van der Waals surface area contributed by atoms with E-state index in [1.54, 1.807) is 6.07 Å². The lowest BCUT2D eigenvalue weighted by Crippen LogP contribution is -2.21. The summed E-state index contributed by atoms with van der Waals surface area (Å²) in [6.45, 7) is 2.02. The molecular formula is C30H21N3O2S. The molecule has 6 rings (SSSR count). The number of aromatic nitrogens is 1. The molecule has 0 fully saturated rings. The van der Waals surface area contributed by atoms with E-state index in [0.717, 1.165) is 27.6 Å². The maximum Gasteiger partial charge on any atom is 0.262 e. The minimum Gasteiger partial charge on any atom is -0.438 e. The fourth-order valence-electron chi connectivity index (χ4n) is 4.03. The maximum atomic E-state index is 13.4. The summed E-state index contributed by atoms with van der Waals surface area (Å²) in [5.74, 6) is -0.324. The van der Waals surface area contributed by atoms with Crippen molar-refractivity contribution in [3.63, 3.8) is 0 Å². The number of carbonyl (C=O) groups is 1. The van der Waals surface area contributed by atoms with Gasteiger partial charge in [0.1, 0.15) is 11.1 Å². The van der Waals surface area contributed by atoms with Crippen LogP contribution in [0.1, 0.15) is 15.9 Å². The summed E-state index contributed by atoms with van der Waals surface area (Å²) in [6, 6.07) is 31.6. The van der Waals surface area contributed by atoms with E-state index in [-0.39, 0.29) is 11.5 Å². The predicted molar refractivity (Wildman–Crippen MR) is 146 cm³/mol. The fraction of sp³-hybridized carbons (Fsp3) is 0.0333. The van der Waals surface area contributed by atoms with Crippen LogP contribution in [0.15, 0.2) is 112 Å². The first-order chi connectivity index (χ1) is 17.6. The second-order valence-corrected chi connectivity index (χ2v) is 9.36. The molecule has 5 nitrogen and oxygen atoms in total. The van der Waals surface area contributed by atoms with Gasteiger partial charge in [0.05, 0.1) is 11.4 Å². The topological polar surface area (TPSA) is 67.5 Å². The van der Waals surface area contributed by atoms with Crippen LogP contribution in [0.5, 0.6) is 0 Å². The molecule has 1 N–H and O–H groups in total. The Morgan fingerprint density at radius 2 is 1.61 bits per heavy atom. The van der Waals surface area contributed by atoms with Crippen LogP contribution in [0.3, 0.4) is 0 Å². The van der Waals surface area contributed by atoms with E-state index < -0.39 is 0 Å². The Balaban J connectivity index is 1.35. The number of carbonyl (C=O) groups excluding carboxylic acids is 1. The number of amides is 1. The van der Waals surface area contributed by atoms with Gasteiger partial charge in [-0.05, 0) is 48.0 Å². The van der Waals surface area contributed by atoms with Crippen LogP contribution in [-0.2, 0) is 0 Å². The second kappa shape index (κ2) is 9.24. The number of hydrogen-bond donors (Lipinski definition) is 1. The number of benzene rings is 4. The van der Waals surface area contributed by atoms with Gasteiger partial charge in [-0.25, -0.2) is 9.98 Å². The van der Waals surface area contributed by atoms with Gasteiger partial charge >= 0.3 is 0 Å². The molecule has 174 valence electrons. The van der Waals surface area contributed by atoms with Crippen molar-refractivity contribution in [2.75, 3.05) is 5.32 Å². The zero-order chi connectivity index (χ0) is 24.5. The summed E-state index contributed by atoms with van der Waals surface area (Å²) in [6.07, 6.45) is 0. The molecule has 0 aliphatic heterocycles. The van der Waals surface area contributed by atoms with Gasteiger partial charge < -0.3 is 4.42 Å². The molecule has 0 spiro atoms. The highest BCUT2D eigenvalue weighted by molar-refractivity contribution is 7.14.